The van der Waals surface area contributed by atoms with Gasteiger partial charge in [0.2, 0.25) is 0 Å². The Morgan fingerprint density at radius 3 is 2.46 bits per heavy atom. The number of carbonyl (C=O) groups is 1. The molecule has 0 spiro atoms. The minimum absolute atomic E-state index is 0.202. The Morgan fingerprint density at radius 1 is 1.18 bits per heavy atom. The summed E-state index contributed by atoms with van der Waals surface area (Å²) in [5.74, 6) is -0.329. The van der Waals surface area contributed by atoms with E-state index in [0.29, 0.717) is 13.0 Å². The fourth-order valence-electron chi connectivity index (χ4n) is 3.47. The van der Waals surface area contributed by atoms with Crippen molar-refractivity contribution >= 4 is 5.91 Å². The van der Waals surface area contributed by atoms with Crippen LogP contribution >= 0.6 is 0 Å². The maximum atomic E-state index is 12.7. The average molecular weight is 392 g/mol. The molecule has 1 aromatic carbocycles. The maximum absolute atomic E-state index is 12.7. The Hall–Kier alpha value is -2.41. The molecule has 1 unspecified atom stereocenters. The number of hydrogen-bond donors (Lipinski definition) is 1. The molecule has 2 heterocycles. The zero-order chi connectivity index (χ0) is 20.5. The number of aromatic nitrogens is 1. The molecule has 1 atom stereocenters. The van der Waals surface area contributed by atoms with E-state index in [2.05, 4.69) is 4.98 Å². The molecule has 0 radical (unpaired) electrons. The van der Waals surface area contributed by atoms with Gasteiger partial charge in [0.1, 0.15) is 5.60 Å². The monoisotopic (exact) mass is 392 g/mol. The Labute approximate surface area is 162 Å². The molecule has 1 aliphatic rings. The van der Waals surface area contributed by atoms with Gasteiger partial charge in [-0.05, 0) is 56.5 Å². The minimum Gasteiger partial charge on any atom is -0.381 e. The van der Waals surface area contributed by atoms with Crippen LogP contribution in [0.25, 0.3) is 0 Å². The first kappa shape index (κ1) is 20.3. The third-order valence-electron chi connectivity index (χ3n) is 4.87. The Kier molecular flexibility index (Phi) is 5.48. The van der Waals surface area contributed by atoms with Crippen LogP contribution in [0, 0.1) is 0 Å². The minimum atomic E-state index is -4.35. The summed E-state index contributed by atoms with van der Waals surface area (Å²) in [7, 11) is 0. The lowest BCUT2D eigenvalue weighted by Gasteiger charge is -2.30. The van der Waals surface area contributed by atoms with Crippen LogP contribution in [0.4, 0.5) is 13.2 Å². The van der Waals surface area contributed by atoms with Crippen molar-refractivity contribution in [3.63, 3.8) is 0 Å². The second kappa shape index (κ2) is 7.54. The predicted octanol–water partition coefficient (Wildman–Crippen LogP) is 4.13. The summed E-state index contributed by atoms with van der Waals surface area (Å²) in [6.45, 7) is 3.51. The first-order valence-electron chi connectivity index (χ1n) is 9.21. The first-order valence-corrected chi connectivity index (χ1v) is 9.21. The van der Waals surface area contributed by atoms with E-state index in [1.54, 1.807) is 4.90 Å². The summed E-state index contributed by atoms with van der Waals surface area (Å²) in [5, 5.41) is 10.0. The Balaban J connectivity index is 1.78. The van der Waals surface area contributed by atoms with E-state index in [4.69, 9.17) is 0 Å². The fourth-order valence-corrected chi connectivity index (χ4v) is 3.47. The van der Waals surface area contributed by atoms with Crippen LogP contribution in [-0.4, -0.2) is 33.0 Å². The van der Waals surface area contributed by atoms with Gasteiger partial charge in [-0.15, -0.1) is 0 Å². The van der Waals surface area contributed by atoms with Crippen molar-refractivity contribution in [3.8, 4) is 0 Å². The molecule has 0 aliphatic carbocycles. The van der Waals surface area contributed by atoms with Crippen LogP contribution in [0.5, 0.6) is 0 Å². The summed E-state index contributed by atoms with van der Waals surface area (Å²) in [6, 6.07) is 10.3. The SMILES string of the molecule is CC(C)(O)C(=O)N1CCCC1c1cccc(Cc2ccc(C(F)(F)F)cc2)n1. The van der Waals surface area contributed by atoms with E-state index >= 15 is 0 Å². The molecule has 1 aromatic heterocycles. The number of rotatable bonds is 4. The average Bonchev–Trinajstić information content (AvgIpc) is 3.09. The summed E-state index contributed by atoms with van der Waals surface area (Å²) in [6.07, 6.45) is -2.36. The number of aliphatic hydroxyl groups is 1. The third-order valence-corrected chi connectivity index (χ3v) is 4.87. The number of benzene rings is 1. The highest BCUT2D eigenvalue weighted by molar-refractivity contribution is 5.84. The van der Waals surface area contributed by atoms with E-state index in [-0.39, 0.29) is 11.9 Å². The molecule has 28 heavy (non-hydrogen) atoms. The van der Waals surface area contributed by atoms with E-state index in [9.17, 15) is 23.1 Å². The van der Waals surface area contributed by atoms with E-state index in [1.165, 1.54) is 26.0 Å². The fraction of sp³-hybridized carbons (Fsp3) is 0.429. The Bertz CT molecular complexity index is 842. The molecule has 0 bridgehead atoms. The van der Waals surface area contributed by atoms with Crippen molar-refractivity contribution in [2.24, 2.45) is 0 Å². The van der Waals surface area contributed by atoms with Gasteiger partial charge in [0.15, 0.2) is 0 Å². The molecule has 150 valence electrons. The number of nitrogens with zero attached hydrogens (tertiary/aromatic N) is 2. The van der Waals surface area contributed by atoms with Crippen LogP contribution in [0.1, 0.15) is 55.2 Å². The van der Waals surface area contributed by atoms with E-state index in [0.717, 1.165) is 41.9 Å². The van der Waals surface area contributed by atoms with E-state index in [1.807, 2.05) is 18.2 Å². The number of carbonyl (C=O) groups excluding carboxylic acids is 1. The smallest absolute Gasteiger partial charge is 0.381 e. The lowest BCUT2D eigenvalue weighted by atomic mass is 10.0. The molecule has 1 N–H and O–H groups in total. The highest BCUT2D eigenvalue weighted by Gasteiger charge is 2.37. The van der Waals surface area contributed by atoms with Gasteiger partial charge in [-0.25, -0.2) is 0 Å². The van der Waals surface area contributed by atoms with Crippen molar-refractivity contribution in [2.75, 3.05) is 6.54 Å². The molecule has 3 rings (SSSR count). The van der Waals surface area contributed by atoms with Crippen LogP contribution in [0.2, 0.25) is 0 Å². The molecule has 2 aromatic rings. The number of hydrogen-bond acceptors (Lipinski definition) is 3. The second-order valence-electron chi connectivity index (χ2n) is 7.64. The van der Waals surface area contributed by atoms with Gasteiger partial charge in [0.25, 0.3) is 5.91 Å². The van der Waals surface area contributed by atoms with Gasteiger partial charge >= 0.3 is 6.18 Å². The number of halogens is 3. The molecule has 1 aliphatic heterocycles. The molecule has 1 saturated heterocycles. The molecular formula is C21H23F3N2O2. The van der Waals surface area contributed by atoms with Crippen molar-refractivity contribution < 1.29 is 23.1 Å². The van der Waals surface area contributed by atoms with Gasteiger partial charge in [0.05, 0.1) is 17.3 Å². The van der Waals surface area contributed by atoms with Crippen molar-refractivity contribution in [1.82, 2.24) is 9.88 Å². The zero-order valence-electron chi connectivity index (χ0n) is 15.8. The van der Waals surface area contributed by atoms with Gasteiger partial charge in [-0.2, -0.15) is 13.2 Å². The van der Waals surface area contributed by atoms with Gasteiger partial charge in [-0.1, -0.05) is 18.2 Å². The quantitative estimate of drug-likeness (QED) is 0.851. The highest BCUT2D eigenvalue weighted by atomic mass is 19.4. The van der Waals surface area contributed by atoms with Gasteiger partial charge in [0, 0.05) is 18.7 Å². The number of likely N-dealkylation sites (tertiary alicyclic amines) is 1. The van der Waals surface area contributed by atoms with Crippen molar-refractivity contribution in [3.05, 3.63) is 65.0 Å². The lowest BCUT2D eigenvalue weighted by Crippen LogP contribution is -2.44. The van der Waals surface area contributed by atoms with Crippen LogP contribution < -0.4 is 0 Å². The standard InChI is InChI=1S/C21H23F3N2O2/c1-20(2,28)19(27)26-12-4-7-18(26)17-6-3-5-16(25-17)13-14-8-10-15(11-9-14)21(22,23)24/h3,5-6,8-11,18,28H,4,7,12-13H2,1-2H3. The summed E-state index contributed by atoms with van der Waals surface area (Å²) in [5.41, 5.74) is 0.0676. The van der Waals surface area contributed by atoms with E-state index < -0.39 is 17.3 Å². The molecule has 4 nitrogen and oxygen atoms in total. The molecule has 7 heteroatoms. The summed E-state index contributed by atoms with van der Waals surface area (Å²) >= 11 is 0. The van der Waals surface area contributed by atoms with Crippen molar-refractivity contribution in [1.29, 1.82) is 0 Å². The predicted molar refractivity (Wildman–Crippen MR) is 98.5 cm³/mol. The highest BCUT2D eigenvalue weighted by Crippen LogP contribution is 2.33. The summed E-state index contributed by atoms with van der Waals surface area (Å²) in [4.78, 5) is 18.8. The molecular weight excluding hydrogens is 369 g/mol. The zero-order valence-corrected chi connectivity index (χ0v) is 15.8. The second-order valence-corrected chi connectivity index (χ2v) is 7.64. The number of alkyl halides is 3. The number of pyridine rings is 1. The molecule has 1 fully saturated rings. The summed E-state index contributed by atoms with van der Waals surface area (Å²) < 4.78 is 38.1. The Morgan fingerprint density at radius 2 is 1.86 bits per heavy atom. The molecule has 1 amide bonds. The van der Waals surface area contributed by atoms with Crippen LogP contribution in [-0.2, 0) is 17.4 Å². The van der Waals surface area contributed by atoms with Gasteiger partial charge in [-0.3, -0.25) is 9.78 Å². The third kappa shape index (κ3) is 4.52. The van der Waals surface area contributed by atoms with Gasteiger partial charge < -0.3 is 10.0 Å². The van der Waals surface area contributed by atoms with Crippen LogP contribution in [0.3, 0.4) is 0 Å². The first-order chi connectivity index (χ1) is 13.1. The number of amides is 1. The maximum Gasteiger partial charge on any atom is 0.416 e. The van der Waals surface area contributed by atoms with Crippen molar-refractivity contribution in [2.45, 2.75) is 50.9 Å². The molecule has 0 saturated carbocycles. The normalized spacial score (nSPS) is 17.8. The topological polar surface area (TPSA) is 53.4 Å². The van der Waals surface area contributed by atoms with Crippen LogP contribution in [0.15, 0.2) is 42.5 Å². The largest absolute Gasteiger partial charge is 0.416 e. The lowest BCUT2D eigenvalue weighted by molar-refractivity contribution is -0.149.